The van der Waals surface area contributed by atoms with Crippen molar-refractivity contribution in [2.24, 2.45) is 5.73 Å². The highest BCUT2D eigenvalue weighted by Crippen LogP contribution is 2.34. The molecular weight excluding hydrogens is 230 g/mol. The van der Waals surface area contributed by atoms with E-state index in [1.54, 1.807) is 0 Å². The summed E-state index contributed by atoms with van der Waals surface area (Å²) < 4.78 is 0. The molecule has 17 heavy (non-hydrogen) atoms. The van der Waals surface area contributed by atoms with Crippen LogP contribution in [-0.2, 0) is 0 Å². The van der Waals surface area contributed by atoms with Crippen molar-refractivity contribution in [1.82, 2.24) is 9.80 Å². The molecular formula is C13H27N3S. The Morgan fingerprint density at radius 2 is 2.00 bits per heavy atom. The molecule has 0 aromatic carbocycles. The molecule has 0 aliphatic carbocycles. The number of likely N-dealkylation sites (N-methyl/N-ethyl adjacent to an activating group) is 1. The molecule has 0 bridgehead atoms. The molecule has 2 aliphatic rings. The Morgan fingerprint density at radius 3 is 2.65 bits per heavy atom. The number of hydrogen-bond donors (Lipinski definition) is 1. The fraction of sp³-hybridized carbons (Fsp3) is 1.00. The first-order valence-electron chi connectivity index (χ1n) is 6.91. The predicted octanol–water partition coefficient (Wildman–Crippen LogP) is 1.24. The number of rotatable bonds is 2. The van der Waals surface area contributed by atoms with Gasteiger partial charge in [-0.3, -0.25) is 4.90 Å². The average molecular weight is 257 g/mol. The average Bonchev–Trinajstić information content (AvgIpc) is 2.51. The van der Waals surface area contributed by atoms with E-state index in [9.17, 15) is 0 Å². The van der Waals surface area contributed by atoms with Crippen LogP contribution in [0.25, 0.3) is 0 Å². The van der Waals surface area contributed by atoms with Crippen molar-refractivity contribution in [3.63, 3.8) is 0 Å². The topological polar surface area (TPSA) is 32.5 Å². The summed E-state index contributed by atoms with van der Waals surface area (Å²) in [5, 5.41) is 0. The Kier molecular flexibility index (Phi) is 4.75. The monoisotopic (exact) mass is 257 g/mol. The fourth-order valence-electron chi connectivity index (χ4n) is 3.44. The third kappa shape index (κ3) is 2.98. The minimum Gasteiger partial charge on any atom is -0.329 e. The molecule has 100 valence electrons. The van der Waals surface area contributed by atoms with E-state index in [2.05, 4.69) is 35.5 Å². The summed E-state index contributed by atoms with van der Waals surface area (Å²) in [6.07, 6.45) is 3.85. The van der Waals surface area contributed by atoms with E-state index >= 15 is 0 Å². The lowest BCUT2D eigenvalue weighted by atomic mass is 9.88. The van der Waals surface area contributed by atoms with E-state index in [0.29, 0.717) is 11.6 Å². The standard InChI is InChI=1S/C13H27N3S/c1-12-10-15(2)6-3-7-16(12)13(11-14)4-8-17-9-5-13/h12H,3-11,14H2,1-2H3. The van der Waals surface area contributed by atoms with Crippen molar-refractivity contribution < 1.29 is 0 Å². The SMILES string of the molecule is CC1CN(C)CCCN1C1(CN)CCSCC1. The molecule has 0 amide bonds. The van der Waals surface area contributed by atoms with E-state index in [4.69, 9.17) is 5.73 Å². The van der Waals surface area contributed by atoms with Crippen molar-refractivity contribution in [2.45, 2.75) is 37.8 Å². The zero-order valence-electron chi connectivity index (χ0n) is 11.3. The maximum absolute atomic E-state index is 6.15. The van der Waals surface area contributed by atoms with Gasteiger partial charge in [0.2, 0.25) is 0 Å². The second-order valence-electron chi connectivity index (χ2n) is 5.70. The smallest absolute Gasteiger partial charge is 0.0350 e. The number of nitrogens with zero attached hydrogens (tertiary/aromatic N) is 2. The van der Waals surface area contributed by atoms with Crippen molar-refractivity contribution in [2.75, 3.05) is 44.7 Å². The van der Waals surface area contributed by atoms with Crippen LogP contribution in [0.15, 0.2) is 0 Å². The van der Waals surface area contributed by atoms with Crippen LogP contribution in [-0.4, -0.2) is 66.1 Å². The van der Waals surface area contributed by atoms with Crippen molar-refractivity contribution in [1.29, 1.82) is 0 Å². The molecule has 2 aliphatic heterocycles. The molecule has 0 spiro atoms. The first-order valence-corrected chi connectivity index (χ1v) is 8.06. The van der Waals surface area contributed by atoms with Gasteiger partial charge in [-0.05, 0) is 51.3 Å². The van der Waals surface area contributed by atoms with Gasteiger partial charge < -0.3 is 10.6 Å². The molecule has 2 heterocycles. The van der Waals surface area contributed by atoms with Crippen LogP contribution in [0.3, 0.4) is 0 Å². The van der Waals surface area contributed by atoms with Gasteiger partial charge in [-0.25, -0.2) is 0 Å². The van der Waals surface area contributed by atoms with Gasteiger partial charge in [-0.1, -0.05) is 0 Å². The maximum atomic E-state index is 6.15. The summed E-state index contributed by atoms with van der Waals surface area (Å²) >= 11 is 2.09. The van der Waals surface area contributed by atoms with Gasteiger partial charge in [0, 0.05) is 31.2 Å². The zero-order chi connectivity index (χ0) is 12.3. The van der Waals surface area contributed by atoms with Gasteiger partial charge in [0.25, 0.3) is 0 Å². The van der Waals surface area contributed by atoms with E-state index in [1.807, 2.05) is 0 Å². The second-order valence-corrected chi connectivity index (χ2v) is 6.92. The van der Waals surface area contributed by atoms with Crippen molar-refractivity contribution in [3.8, 4) is 0 Å². The van der Waals surface area contributed by atoms with Gasteiger partial charge in [0.05, 0.1) is 0 Å². The van der Waals surface area contributed by atoms with Crippen LogP contribution < -0.4 is 5.73 Å². The number of thioether (sulfide) groups is 1. The minimum absolute atomic E-state index is 0.301. The van der Waals surface area contributed by atoms with Gasteiger partial charge in [0.1, 0.15) is 0 Å². The van der Waals surface area contributed by atoms with E-state index in [-0.39, 0.29) is 0 Å². The summed E-state index contributed by atoms with van der Waals surface area (Å²) in [5.74, 6) is 2.58. The largest absolute Gasteiger partial charge is 0.329 e. The van der Waals surface area contributed by atoms with Gasteiger partial charge in [-0.15, -0.1) is 0 Å². The molecule has 3 nitrogen and oxygen atoms in total. The van der Waals surface area contributed by atoms with E-state index in [1.165, 1.54) is 50.4 Å². The maximum Gasteiger partial charge on any atom is 0.0350 e. The molecule has 2 fully saturated rings. The molecule has 0 aromatic heterocycles. The number of nitrogens with two attached hydrogens (primary N) is 1. The summed E-state index contributed by atoms with van der Waals surface area (Å²) in [5.41, 5.74) is 6.45. The third-order valence-electron chi connectivity index (χ3n) is 4.46. The molecule has 1 atom stereocenters. The minimum atomic E-state index is 0.301. The molecule has 0 saturated carbocycles. The van der Waals surface area contributed by atoms with Gasteiger partial charge >= 0.3 is 0 Å². The fourth-order valence-corrected chi connectivity index (χ4v) is 4.69. The molecule has 0 aromatic rings. The highest BCUT2D eigenvalue weighted by atomic mass is 32.2. The lowest BCUT2D eigenvalue weighted by Crippen LogP contribution is -2.59. The Labute approximate surface area is 110 Å². The normalized spacial score (nSPS) is 32.3. The van der Waals surface area contributed by atoms with Gasteiger partial charge in [0.15, 0.2) is 0 Å². The highest BCUT2D eigenvalue weighted by Gasteiger charge is 2.39. The van der Waals surface area contributed by atoms with Crippen LogP contribution in [0.1, 0.15) is 26.2 Å². The zero-order valence-corrected chi connectivity index (χ0v) is 12.1. The summed E-state index contributed by atoms with van der Waals surface area (Å²) in [6.45, 7) is 6.86. The summed E-state index contributed by atoms with van der Waals surface area (Å²) in [4.78, 5) is 5.20. The second kappa shape index (κ2) is 5.91. The summed E-state index contributed by atoms with van der Waals surface area (Å²) in [6, 6.07) is 0.647. The van der Waals surface area contributed by atoms with Crippen molar-refractivity contribution >= 4 is 11.8 Å². The van der Waals surface area contributed by atoms with E-state index in [0.717, 1.165) is 6.54 Å². The predicted molar refractivity (Wildman–Crippen MR) is 76.6 cm³/mol. The molecule has 2 saturated heterocycles. The first kappa shape index (κ1) is 13.7. The molecule has 2 rings (SSSR count). The van der Waals surface area contributed by atoms with Crippen LogP contribution >= 0.6 is 11.8 Å². The Balaban J connectivity index is 2.11. The molecule has 0 radical (unpaired) electrons. The quantitative estimate of drug-likeness (QED) is 0.807. The Hall–Kier alpha value is 0.230. The number of hydrogen-bond acceptors (Lipinski definition) is 4. The lowest BCUT2D eigenvalue weighted by molar-refractivity contribution is 0.0492. The first-order chi connectivity index (χ1) is 8.18. The van der Waals surface area contributed by atoms with Crippen LogP contribution in [0.5, 0.6) is 0 Å². The van der Waals surface area contributed by atoms with Crippen molar-refractivity contribution in [3.05, 3.63) is 0 Å². The Bertz CT molecular complexity index is 241. The van der Waals surface area contributed by atoms with Crippen LogP contribution in [0, 0.1) is 0 Å². The molecule has 2 N–H and O–H groups in total. The van der Waals surface area contributed by atoms with Gasteiger partial charge in [-0.2, -0.15) is 11.8 Å². The highest BCUT2D eigenvalue weighted by molar-refractivity contribution is 7.99. The van der Waals surface area contributed by atoms with Crippen LogP contribution in [0.2, 0.25) is 0 Å². The summed E-state index contributed by atoms with van der Waals surface area (Å²) in [7, 11) is 2.24. The molecule has 1 unspecified atom stereocenters. The third-order valence-corrected chi connectivity index (χ3v) is 5.45. The van der Waals surface area contributed by atoms with E-state index < -0.39 is 0 Å². The molecule has 4 heteroatoms. The van der Waals surface area contributed by atoms with Crippen LogP contribution in [0.4, 0.5) is 0 Å². The Morgan fingerprint density at radius 1 is 1.29 bits per heavy atom. The lowest BCUT2D eigenvalue weighted by Gasteiger charge is -2.48.